The maximum Gasteiger partial charge on any atom is 0.231 e. The number of benzene rings is 1. The topological polar surface area (TPSA) is 89.6 Å². The van der Waals surface area contributed by atoms with E-state index < -0.39 is 0 Å². The van der Waals surface area contributed by atoms with Crippen LogP contribution in [0.2, 0.25) is 0 Å². The van der Waals surface area contributed by atoms with Crippen molar-refractivity contribution in [3.63, 3.8) is 0 Å². The van der Waals surface area contributed by atoms with E-state index in [1.807, 2.05) is 48.7 Å². The van der Waals surface area contributed by atoms with Crippen LogP contribution in [-0.2, 0) is 6.54 Å². The Labute approximate surface area is 168 Å². The minimum Gasteiger partial charge on any atom is -0.454 e. The molecular weight excluding hydrogens is 368 g/mol. The van der Waals surface area contributed by atoms with E-state index >= 15 is 0 Å². The Morgan fingerprint density at radius 3 is 2.52 bits per heavy atom. The van der Waals surface area contributed by atoms with Gasteiger partial charge in [0.2, 0.25) is 12.7 Å². The summed E-state index contributed by atoms with van der Waals surface area (Å²) in [6.45, 7) is 4.00. The first-order valence-electron chi connectivity index (χ1n) is 9.69. The maximum atomic E-state index is 5.91. The summed E-state index contributed by atoms with van der Waals surface area (Å²) in [6.07, 6.45) is 1.83. The van der Waals surface area contributed by atoms with Crippen molar-refractivity contribution in [3.05, 3.63) is 54.4 Å². The Morgan fingerprint density at radius 2 is 1.72 bits per heavy atom. The summed E-state index contributed by atoms with van der Waals surface area (Å²) in [5.74, 6) is 3.21. The quantitative estimate of drug-likeness (QED) is 0.724. The number of fused-ring (bicyclic) bond motifs is 1. The molecule has 0 radical (unpaired) electrons. The van der Waals surface area contributed by atoms with Crippen molar-refractivity contribution in [1.82, 2.24) is 15.0 Å². The molecule has 5 rings (SSSR count). The van der Waals surface area contributed by atoms with Crippen LogP contribution in [0.3, 0.4) is 0 Å². The molecule has 1 aromatic carbocycles. The Kier molecular flexibility index (Phi) is 4.61. The lowest BCUT2D eigenvalue weighted by Gasteiger charge is -2.35. The molecule has 0 aliphatic carbocycles. The van der Waals surface area contributed by atoms with Crippen LogP contribution >= 0.6 is 0 Å². The third-order valence-corrected chi connectivity index (χ3v) is 5.18. The second-order valence-corrected chi connectivity index (χ2v) is 6.98. The Morgan fingerprint density at radius 1 is 0.897 bits per heavy atom. The molecule has 2 aromatic heterocycles. The molecule has 0 amide bonds. The number of hydrogen-bond donors (Lipinski definition) is 1. The van der Waals surface area contributed by atoms with Gasteiger partial charge < -0.3 is 25.0 Å². The average Bonchev–Trinajstić information content (AvgIpc) is 3.27. The highest BCUT2D eigenvalue weighted by Gasteiger charge is 2.21. The van der Waals surface area contributed by atoms with Crippen molar-refractivity contribution in [2.45, 2.75) is 6.54 Å². The lowest BCUT2D eigenvalue weighted by molar-refractivity contribution is 0.174. The van der Waals surface area contributed by atoms with Crippen LogP contribution in [0.15, 0.2) is 48.7 Å². The van der Waals surface area contributed by atoms with Crippen molar-refractivity contribution in [3.8, 4) is 22.8 Å². The van der Waals surface area contributed by atoms with Gasteiger partial charge in [0.15, 0.2) is 11.5 Å². The molecule has 148 valence electrons. The molecule has 2 N–H and O–H groups in total. The average molecular weight is 390 g/mol. The van der Waals surface area contributed by atoms with Crippen LogP contribution in [0.1, 0.15) is 5.69 Å². The highest BCUT2D eigenvalue weighted by atomic mass is 16.7. The van der Waals surface area contributed by atoms with Crippen LogP contribution < -0.4 is 25.0 Å². The predicted octanol–water partition coefficient (Wildman–Crippen LogP) is 2.05. The van der Waals surface area contributed by atoms with E-state index in [2.05, 4.69) is 19.8 Å². The van der Waals surface area contributed by atoms with Gasteiger partial charge in [0, 0.05) is 44.5 Å². The molecule has 4 heterocycles. The van der Waals surface area contributed by atoms with Gasteiger partial charge in [-0.05, 0) is 36.4 Å². The summed E-state index contributed by atoms with van der Waals surface area (Å²) in [5.41, 5.74) is 8.52. The lowest BCUT2D eigenvalue weighted by atomic mass is 10.1. The zero-order valence-corrected chi connectivity index (χ0v) is 16.0. The molecule has 29 heavy (non-hydrogen) atoms. The maximum absolute atomic E-state index is 5.91. The van der Waals surface area contributed by atoms with E-state index in [0.717, 1.165) is 60.4 Å². The fraction of sp³-hybridized carbons (Fsp3) is 0.286. The molecule has 8 nitrogen and oxygen atoms in total. The molecule has 0 unspecified atom stereocenters. The van der Waals surface area contributed by atoms with Crippen molar-refractivity contribution in [1.29, 1.82) is 0 Å². The SMILES string of the molecule is NCc1cc(-c2ccc3c(c2)OCO3)nc(N2CCN(c3ccccn3)CC2)n1. The van der Waals surface area contributed by atoms with Gasteiger partial charge >= 0.3 is 0 Å². The van der Waals surface area contributed by atoms with Gasteiger partial charge in [0.1, 0.15) is 5.82 Å². The molecule has 0 spiro atoms. The van der Waals surface area contributed by atoms with Gasteiger partial charge in [-0.1, -0.05) is 6.07 Å². The van der Waals surface area contributed by atoms with Crippen LogP contribution in [0.4, 0.5) is 11.8 Å². The van der Waals surface area contributed by atoms with Gasteiger partial charge in [-0.15, -0.1) is 0 Å². The first kappa shape index (κ1) is 17.7. The Hall–Kier alpha value is -3.39. The minimum absolute atomic E-state index is 0.252. The number of nitrogens with zero attached hydrogens (tertiary/aromatic N) is 5. The Balaban J connectivity index is 1.39. The zero-order chi connectivity index (χ0) is 19.6. The van der Waals surface area contributed by atoms with Gasteiger partial charge in [-0.25, -0.2) is 15.0 Å². The van der Waals surface area contributed by atoms with Crippen molar-refractivity contribution < 1.29 is 9.47 Å². The van der Waals surface area contributed by atoms with Crippen LogP contribution in [0.25, 0.3) is 11.3 Å². The third-order valence-electron chi connectivity index (χ3n) is 5.18. The number of aromatic nitrogens is 3. The van der Waals surface area contributed by atoms with Gasteiger partial charge in [-0.2, -0.15) is 0 Å². The minimum atomic E-state index is 0.252. The number of pyridine rings is 1. The molecule has 2 aliphatic heterocycles. The summed E-state index contributed by atoms with van der Waals surface area (Å²) in [6, 6.07) is 13.8. The molecule has 1 saturated heterocycles. The largest absolute Gasteiger partial charge is 0.454 e. The molecule has 0 bridgehead atoms. The first-order chi connectivity index (χ1) is 14.3. The van der Waals surface area contributed by atoms with E-state index in [0.29, 0.717) is 12.5 Å². The summed E-state index contributed by atoms with van der Waals surface area (Å²) in [7, 11) is 0. The van der Waals surface area contributed by atoms with E-state index in [-0.39, 0.29) is 6.79 Å². The molecule has 0 atom stereocenters. The van der Waals surface area contributed by atoms with Gasteiger partial charge in [0.05, 0.1) is 11.4 Å². The monoisotopic (exact) mass is 390 g/mol. The van der Waals surface area contributed by atoms with E-state index in [1.165, 1.54) is 0 Å². The zero-order valence-electron chi connectivity index (χ0n) is 16.0. The molecule has 2 aliphatic rings. The van der Waals surface area contributed by atoms with Crippen LogP contribution in [0, 0.1) is 0 Å². The van der Waals surface area contributed by atoms with Gasteiger partial charge in [0.25, 0.3) is 0 Å². The second-order valence-electron chi connectivity index (χ2n) is 6.98. The fourth-order valence-corrected chi connectivity index (χ4v) is 3.61. The summed E-state index contributed by atoms with van der Waals surface area (Å²) in [4.78, 5) is 18.4. The fourth-order valence-electron chi connectivity index (χ4n) is 3.61. The van der Waals surface area contributed by atoms with E-state index in [9.17, 15) is 0 Å². The number of anilines is 2. The molecule has 0 saturated carbocycles. The molecule has 8 heteroatoms. The van der Waals surface area contributed by atoms with E-state index in [4.69, 9.17) is 20.2 Å². The summed E-state index contributed by atoms with van der Waals surface area (Å²) < 4.78 is 10.9. The summed E-state index contributed by atoms with van der Waals surface area (Å²) in [5, 5.41) is 0. The third kappa shape index (κ3) is 3.54. The second kappa shape index (κ2) is 7.56. The van der Waals surface area contributed by atoms with Crippen molar-refractivity contribution >= 4 is 11.8 Å². The van der Waals surface area contributed by atoms with Crippen LogP contribution in [0.5, 0.6) is 11.5 Å². The smallest absolute Gasteiger partial charge is 0.231 e. The summed E-state index contributed by atoms with van der Waals surface area (Å²) >= 11 is 0. The number of rotatable bonds is 4. The highest BCUT2D eigenvalue weighted by Crippen LogP contribution is 2.35. The number of nitrogens with two attached hydrogens (primary N) is 1. The van der Waals surface area contributed by atoms with Crippen LogP contribution in [-0.4, -0.2) is 47.9 Å². The number of piperazine rings is 1. The van der Waals surface area contributed by atoms with Crippen molar-refractivity contribution in [2.24, 2.45) is 5.73 Å². The first-order valence-corrected chi connectivity index (χ1v) is 9.69. The highest BCUT2D eigenvalue weighted by molar-refractivity contribution is 5.66. The van der Waals surface area contributed by atoms with Gasteiger partial charge in [-0.3, -0.25) is 0 Å². The van der Waals surface area contributed by atoms with E-state index in [1.54, 1.807) is 0 Å². The molecule has 1 fully saturated rings. The lowest BCUT2D eigenvalue weighted by Crippen LogP contribution is -2.47. The normalized spacial score (nSPS) is 15.6. The molecular formula is C21H22N6O2. The molecule has 3 aromatic rings. The Bertz CT molecular complexity index is 1010. The standard InChI is InChI=1S/C21H22N6O2/c22-13-16-12-17(15-4-5-18-19(11-15)29-14-28-18)25-21(24-16)27-9-7-26(8-10-27)20-3-1-2-6-23-20/h1-6,11-12H,7-10,13-14,22H2. The number of hydrogen-bond acceptors (Lipinski definition) is 8. The number of ether oxygens (including phenoxy) is 2. The predicted molar refractivity (Wildman–Crippen MR) is 110 cm³/mol. The van der Waals surface area contributed by atoms with Crippen molar-refractivity contribution in [2.75, 3.05) is 42.8 Å².